The number of amides is 3. The summed E-state index contributed by atoms with van der Waals surface area (Å²) in [5, 5.41) is 2.91. The van der Waals surface area contributed by atoms with Crippen LogP contribution in [0, 0.1) is 11.6 Å². The molecule has 5 rings (SSSR count). The van der Waals surface area contributed by atoms with Gasteiger partial charge in [0.05, 0.1) is 18.2 Å². The van der Waals surface area contributed by atoms with Gasteiger partial charge in [0.1, 0.15) is 23.5 Å². The predicted octanol–water partition coefficient (Wildman–Crippen LogP) is 4.06. The van der Waals surface area contributed by atoms with Crippen molar-refractivity contribution in [2.75, 3.05) is 20.1 Å². The number of hydrogen-bond donors (Lipinski definition) is 1. The molecular weight excluding hydrogens is 440 g/mol. The monoisotopic (exact) mass is 463 g/mol. The van der Waals surface area contributed by atoms with Crippen LogP contribution in [0.25, 0.3) is 11.1 Å². The third-order valence-electron chi connectivity index (χ3n) is 6.36. The van der Waals surface area contributed by atoms with E-state index in [1.165, 1.54) is 12.1 Å². The van der Waals surface area contributed by atoms with Crippen molar-refractivity contribution in [3.8, 4) is 16.9 Å². The van der Waals surface area contributed by atoms with Gasteiger partial charge < -0.3 is 19.9 Å². The second-order valence-electron chi connectivity index (χ2n) is 8.52. The number of urea groups is 1. The maximum Gasteiger partial charge on any atom is 0.317 e. The lowest BCUT2D eigenvalue weighted by Crippen LogP contribution is -2.44. The highest BCUT2D eigenvalue weighted by molar-refractivity contribution is 5.98. The zero-order valence-corrected chi connectivity index (χ0v) is 18.5. The minimum Gasteiger partial charge on any atom is -0.485 e. The molecule has 0 saturated carbocycles. The Labute approximate surface area is 195 Å². The van der Waals surface area contributed by atoms with E-state index in [9.17, 15) is 18.4 Å². The van der Waals surface area contributed by atoms with Gasteiger partial charge in [-0.05, 0) is 35.4 Å². The van der Waals surface area contributed by atoms with Crippen LogP contribution >= 0.6 is 0 Å². The molecule has 1 saturated heterocycles. The van der Waals surface area contributed by atoms with E-state index in [0.29, 0.717) is 36.5 Å². The van der Waals surface area contributed by atoms with Crippen LogP contribution in [0.15, 0.2) is 66.7 Å². The SMILES string of the molecule is CN1C(=O)c2ccc(-c3ccc(F)cc3F)cc2O[C@H]2CN(C(=O)NCc3ccccc3)C[C@H]21. The van der Waals surface area contributed by atoms with E-state index in [1.54, 1.807) is 35.0 Å². The zero-order valence-electron chi connectivity index (χ0n) is 18.5. The fourth-order valence-corrected chi connectivity index (χ4v) is 4.49. The first-order valence-corrected chi connectivity index (χ1v) is 11.0. The van der Waals surface area contributed by atoms with E-state index >= 15 is 0 Å². The first-order chi connectivity index (χ1) is 16.4. The molecule has 8 heteroatoms. The van der Waals surface area contributed by atoms with Crippen LogP contribution in [0.4, 0.5) is 13.6 Å². The predicted molar refractivity (Wildman–Crippen MR) is 122 cm³/mol. The molecule has 34 heavy (non-hydrogen) atoms. The van der Waals surface area contributed by atoms with Crippen LogP contribution in [0.1, 0.15) is 15.9 Å². The van der Waals surface area contributed by atoms with E-state index in [1.807, 2.05) is 30.3 Å². The average Bonchev–Trinajstić information content (AvgIpc) is 3.22. The lowest BCUT2D eigenvalue weighted by atomic mass is 10.0. The van der Waals surface area contributed by atoms with E-state index in [0.717, 1.165) is 11.6 Å². The van der Waals surface area contributed by atoms with Gasteiger partial charge in [-0.3, -0.25) is 4.79 Å². The maximum atomic E-state index is 14.3. The second kappa shape index (κ2) is 8.78. The van der Waals surface area contributed by atoms with Crippen LogP contribution in [-0.2, 0) is 6.54 Å². The van der Waals surface area contributed by atoms with Crippen molar-refractivity contribution in [2.45, 2.75) is 18.7 Å². The number of fused-ring (bicyclic) bond motifs is 2. The van der Waals surface area contributed by atoms with Crippen LogP contribution in [0.5, 0.6) is 5.75 Å². The number of benzene rings is 3. The van der Waals surface area contributed by atoms with E-state index in [-0.39, 0.29) is 23.5 Å². The molecule has 0 radical (unpaired) electrons. The fraction of sp³-hybridized carbons (Fsp3) is 0.231. The lowest BCUT2D eigenvalue weighted by molar-refractivity contribution is 0.0682. The van der Waals surface area contributed by atoms with Crippen LogP contribution in [-0.4, -0.2) is 54.0 Å². The van der Waals surface area contributed by atoms with Gasteiger partial charge in [0.15, 0.2) is 0 Å². The van der Waals surface area contributed by atoms with Crippen molar-refractivity contribution in [1.82, 2.24) is 15.1 Å². The molecule has 2 atom stereocenters. The normalized spacial score (nSPS) is 19.2. The molecule has 0 aliphatic carbocycles. The summed E-state index contributed by atoms with van der Waals surface area (Å²) < 4.78 is 33.9. The number of halogens is 2. The quantitative estimate of drug-likeness (QED) is 0.637. The van der Waals surface area contributed by atoms with Gasteiger partial charge in [-0.15, -0.1) is 0 Å². The standard InChI is InChI=1S/C26H23F2N3O3/c1-30-22-14-31(26(33)29-13-16-5-3-2-4-6-16)15-24(22)34-23-11-17(7-9-20(23)25(30)32)19-10-8-18(27)12-21(19)28/h2-12,22,24H,13-15H2,1H3,(H,29,33)/t22-,24+/m1/s1. The number of hydrogen-bond acceptors (Lipinski definition) is 3. The number of nitrogens with one attached hydrogen (secondary N) is 1. The largest absolute Gasteiger partial charge is 0.485 e. The average molecular weight is 463 g/mol. The topological polar surface area (TPSA) is 61.9 Å². The summed E-state index contributed by atoms with van der Waals surface area (Å²) in [5.41, 5.74) is 2.04. The van der Waals surface area contributed by atoms with Crippen LogP contribution in [0.2, 0.25) is 0 Å². The number of carbonyl (C=O) groups is 2. The van der Waals surface area contributed by atoms with Gasteiger partial charge in [0.25, 0.3) is 5.91 Å². The first kappa shape index (κ1) is 21.9. The summed E-state index contributed by atoms with van der Waals surface area (Å²) in [7, 11) is 1.69. The van der Waals surface area contributed by atoms with Crippen molar-refractivity contribution < 1.29 is 23.1 Å². The minimum atomic E-state index is -0.697. The van der Waals surface area contributed by atoms with Gasteiger partial charge in [-0.25, -0.2) is 13.6 Å². The summed E-state index contributed by atoms with van der Waals surface area (Å²) in [5.74, 6) is -1.28. The molecule has 2 heterocycles. The summed E-state index contributed by atoms with van der Waals surface area (Å²) in [6, 6.07) is 17.2. The second-order valence-corrected chi connectivity index (χ2v) is 8.52. The molecule has 3 aromatic carbocycles. The van der Waals surface area contributed by atoms with Crippen molar-refractivity contribution in [3.63, 3.8) is 0 Å². The van der Waals surface area contributed by atoms with Crippen LogP contribution < -0.4 is 10.1 Å². The molecule has 1 N–H and O–H groups in total. The van der Waals surface area contributed by atoms with E-state index in [2.05, 4.69) is 5.32 Å². The number of ether oxygens (including phenoxy) is 1. The molecular formula is C26H23F2N3O3. The van der Waals surface area contributed by atoms with Crippen molar-refractivity contribution in [2.24, 2.45) is 0 Å². The number of carbonyl (C=O) groups excluding carboxylic acids is 2. The van der Waals surface area contributed by atoms with E-state index < -0.39 is 17.7 Å². The summed E-state index contributed by atoms with van der Waals surface area (Å²) in [6.45, 7) is 1.04. The Hall–Kier alpha value is -3.94. The molecule has 0 aromatic heterocycles. The van der Waals surface area contributed by atoms with E-state index in [4.69, 9.17) is 4.74 Å². The summed E-state index contributed by atoms with van der Waals surface area (Å²) in [4.78, 5) is 29.1. The Bertz CT molecular complexity index is 1250. The summed E-state index contributed by atoms with van der Waals surface area (Å²) in [6.07, 6.45) is -0.439. The first-order valence-electron chi connectivity index (χ1n) is 11.0. The molecule has 3 aromatic rings. The van der Waals surface area contributed by atoms with Crippen molar-refractivity contribution >= 4 is 11.9 Å². The molecule has 0 bridgehead atoms. The third-order valence-corrected chi connectivity index (χ3v) is 6.36. The lowest BCUT2D eigenvalue weighted by Gasteiger charge is -2.25. The molecule has 2 aliphatic heterocycles. The molecule has 1 fully saturated rings. The molecule has 6 nitrogen and oxygen atoms in total. The Morgan fingerprint density at radius 3 is 2.56 bits per heavy atom. The Morgan fingerprint density at radius 2 is 1.79 bits per heavy atom. The molecule has 174 valence electrons. The molecule has 3 amide bonds. The third kappa shape index (κ3) is 4.07. The van der Waals surface area contributed by atoms with Gasteiger partial charge in [-0.2, -0.15) is 0 Å². The molecule has 2 aliphatic rings. The van der Waals surface area contributed by atoms with Crippen LogP contribution in [0.3, 0.4) is 0 Å². The number of rotatable bonds is 3. The number of likely N-dealkylation sites (tertiary alicyclic amines) is 1. The van der Waals surface area contributed by atoms with Crippen molar-refractivity contribution in [1.29, 1.82) is 0 Å². The zero-order chi connectivity index (χ0) is 23.8. The highest BCUT2D eigenvalue weighted by Gasteiger charge is 2.43. The summed E-state index contributed by atoms with van der Waals surface area (Å²) >= 11 is 0. The van der Waals surface area contributed by atoms with Gasteiger partial charge in [0.2, 0.25) is 0 Å². The Morgan fingerprint density at radius 1 is 1.03 bits per heavy atom. The smallest absolute Gasteiger partial charge is 0.317 e. The van der Waals surface area contributed by atoms with Gasteiger partial charge >= 0.3 is 6.03 Å². The molecule has 0 unspecified atom stereocenters. The van der Waals surface area contributed by atoms with Gasteiger partial charge in [0, 0.05) is 31.8 Å². The van der Waals surface area contributed by atoms with Gasteiger partial charge in [-0.1, -0.05) is 36.4 Å². The van der Waals surface area contributed by atoms with Crippen molar-refractivity contribution in [3.05, 3.63) is 89.5 Å². The highest BCUT2D eigenvalue weighted by Crippen LogP contribution is 2.35. The Balaban J connectivity index is 1.36. The number of likely N-dealkylation sites (N-methyl/N-ethyl adjacent to an activating group) is 1. The maximum absolute atomic E-state index is 14.3. The minimum absolute atomic E-state index is 0.211. The number of nitrogens with zero attached hydrogens (tertiary/aromatic N) is 2. The Kier molecular flexibility index (Phi) is 5.65. The fourth-order valence-electron chi connectivity index (χ4n) is 4.49. The molecule has 0 spiro atoms. The highest BCUT2D eigenvalue weighted by atomic mass is 19.1.